The maximum atomic E-state index is 13.9. The van der Waals surface area contributed by atoms with Crippen LogP contribution >= 0.6 is 0 Å². The number of anilines is 1. The number of benzene rings is 1. The van der Waals surface area contributed by atoms with Gasteiger partial charge in [-0.05, 0) is 66.7 Å². The highest BCUT2D eigenvalue weighted by Gasteiger charge is 2.40. The van der Waals surface area contributed by atoms with E-state index in [2.05, 4.69) is 4.98 Å². The average Bonchev–Trinajstić information content (AvgIpc) is 3.24. The van der Waals surface area contributed by atoms with Gasteiger partial charge < -0.3 is 19.3 Å². The van der Waals surface area contributed by atoms with Gasteiger partial charge in [0.1, 0.15) is 17.5 Å². The van der Waals surface area contributed by atoms with Crippen molar-refractivity contribution in [3.8, 4) is 5.69 Å². The van der Waals surface area contributed by atoms with E-state index in [-0.39, 0.29) is 43.2 Å². The van der Waals surface area contributed by atoms with E-state index in [1.54, 1.807) is 48.5 Å². The number of carbonyl (C=O) groups is 3. The summed E-state index contributed by atoms with van der Waals surface area (Å²) in [7, 11) is 0. The molecule has 40 heavy (non-hydrogen) atoms. The monoisotopic (exact) mass is 565 g/mol. The van der Waals surface area contributed by atoms with Gasteiger partial charge in [-0.1, -0.05) is 0 Å². The van der Waals surface area contributed by atoms with E-state index in [1.165, 1.54) is 31.7 Å². The molecule has 0 unspecified atom stereocenters. The van der Waals surface area contributed by atoms with Crippen LogP contribution in [0.15, 0.2) is 24.5 Å². The molecule has 13 heteroatoms. The Balaban J connectivity index is 1.67. The normalized spacial score (nSPS) is 17.8. The number of fused-ring (bicyclic) bond motifs is 3. The number of alkyl halides is 3. The quantitative estimate of drug-likeness (QED) is 0.440. The maximum absolute atomic E-state index is 13.9. The molecule has 218 valence electrons. The Labute approximate surface area is 230 Å². The number of rotatable bonds is 1. The van der Waals surface area contributed by atoms with Crippen LogP contribution in [0.3, 0.4) is 0 Å². The lowest BCUT2D eigenvalue weighted by Crippen LogP contribution is -2.58. The van der Waals surface area contributed by atoms with Crippen LogP contribution in [0.25, 0.3) is 5.69 Å². The van der Waals surface area contributed by atoms with E-state index < -0.39 is 47.1 Å². The number of carbonyl (C=O) groups excluding carboxylic acids is 3. The number of nitrogens with zero attached hydrogens (tertiary/aromatic N) is 5. The molecule has 0 aliphatic carbocycles. The van der Waals surface area contributed by atoms with E-state index >= 15 is 0 Å². The molecule has 0 saturated carbocycles. The summed E-state index contributed by atoms with van der Waals surface area (Å²) in [5.74, 6) is -0.705. The third-order valence-electron chi connectivity index (χ3n) is 6.38. The highest BCUT2D eigenvalue weighted by molar-refractivity contribution is 5.97. The molecule has 2 aliphatic heterocycles. The van der Waals surface area contributed by atoms with E-state index in [0.29, 0.717) is 5.69 Å². The topological polar surface area (TPSA) is 97.2 Å². The maximum Gasteiger partial charge on any atom is 0.416 e. The van der Waals surface area contributed by atoms with Crippen molar-refractivity contribution in [2.24, 2.45) is 0 Å². The molecule has 3 heterocycles. The Morgan fingerprint density at radius 1 is 0.950 bits per heavy atom. The van der Waals surface area contributed by atoms with Crippen LogP contribution in [0.5, 0.6) is 0 Å². The van der Waals surface area contributed by atoms with Crippen LogP contribution in [-0.4, -0.2) is 74.3 Å². The number of amides is 3. The van der Waals surface area contributed by atoms with Crippen molar-refractivity contribution in [1.82, 2.24) is 19.4 Å². The van der Waals surface area contributed by atoms with Crippen molar-refractivity contribution in [2.45, 2.75) is 78.4 Å². The van der Waals surface area contributed by atoms with Crippen LogP contribution < -0.4 is 4.90 Å². The molecule has 1 saturated heterocycles. The molecule has 0 spiro atoms. The number of hydrogen-bond acceptors (Lipinski definition) is 6. The molecule has 4 rings (SSSR count). The van der Waals surface area contributed by atoms with E-state index in [4.69, 9.17) is 9.47 Å². The molecule has 1 aromatic carbocycles. The summed E-state index contributed by atoms with van der Waals surface area (Å²) < 4.78 is 53.4. The van der Waals surface area contributed by atoms with Crippen LogP contribution in [0, 0.1) is 0 Å². The molecule has 1 aromatic heterocycles. The standard InChI is InChI=1S/C27H34F3N5O5/c1-16-13-32(10-11-33(16)24(38)40-26(5,6)7)23(37)34-14-20-21(22(36)39-25(2,3)4)31-15-35(20)18-9-8-17(12-19(18)34)27(28,29)30/h8-9,12,15-16H,10-11,13-14H2,1-7H3/t16-/m0/s1. The number of imidazole rings is 1. The van der Waals surface area contributed by atoms with Crippen LogP contribution in [0.2, 0.25) is 0 Å². The van der Waals surface area contributed by atoms with Gasteiger partial charge in [0, 0.05) is 25.7 Å². The highest BCUT2D eigenvalue weighted by Crippen LogP contribution is 2.39. The molecular weight excluding hydrogens is 531 g/mol. The minimum absolute atomic E-state index is 0.0265. The van der Waals surface area contributed by atoms with Crippen molar-refractivity contribution in [2.75, 3.05) is 24.5 Å². The number of halogens is 3. The summed E-state index contributed by atoms with van der Waals surface area (Å²) in [6.07, 6.45) is -3.80. The predicted octanol–water partition coefficient (Wildman–Crippen LogP) is 5.23. The van der Waals surface area contributed by atoms with Crippen molar-refractivity contribution in [1.29, 1.82) is 0 Å². The Kier molecular flexibility index (Phi) is 7.31. The molecule has 0 N–H and O–H groups in total. The second-order valence-corrected chi connectivity index (χ2v) is 12.0. The van der Waals surface area contributed by atoms with Gasteiger partial charge in [-0.3, -0.25) is 9.47 Å². The second-order valence-electron chi connectivity index (χ2n) is 12.0. The second kappa shape index (κ2) is 10.0. The Morgan fingerprint density at radius 3 is 2.17 bits per heavy atom. The minimum Gasteiger partial charge on any atom is -0.455 e. The van der Waals surface area contributed by atoms with Crippen LogP contribution in [0.4, 0.5) is 28.4 Å². The first-order valence-corrected chi connectivity index (χ1v) is 12.9. The van der Waals surface area contributed by atoms with E-state index in [9.17, 15) is 27.6 Å². The zero-order chi connectivity index (χ0) is 29.8. The molecule has 1 atom stereocenters. The van der Waals surface area contributed by atoms with E-state index in [1.807, 2.05) is 0 Å². The third kappa shape index (κ3) is 6.02. The molecule has 3 amide bonds. The zero-order valence-corrected chi connectivity index (χ0v) is 23.6. The summed E-state index contributed by atoms with van der Waals surface area (Å²) >= 11 is 0. The van der Waals surface area contributed by atoms with Crippen molar-refractivity contribution in [3.05, 3.63) is 41.5 Å². The number of aromatic nitrogens is 2. The molecule has 0 radical (unpaired) electrons. The van der Waals surface area contributed by atoms with Gasteiger partial charge in [-0.2, -0.15) is 13.2 Å². The van der Waals surface area contributed by atoms with Gasteiger partial charge in [-0.15, -0.1) is 0 Å². The van der Waals surface area contributed by atoms with Gasteiger partial charge in [0.05, 0.1) is 29.2 Å². The fourth-order valence-electron chi connectivity index (χ4n) is 4.65. The molecule has 0 bridgehead atoms. The minimum atomic E-state index is -4.63. The van der Waals surface area contributed by atoms with Crippen LogP contribution in [0.1, 0.15) is 70.2 Å². The highest BCUT2D eigenvalue weighted by atomic mass is 19.4. The number of ether oxygens (including phenoxy) is 2. The smallest absolute Gasteiger partial charge is 0.416 e. The molecule has 2 aromatic rings. The van der Waals surface area contributed by atoms with Crippen molar-refractivity contribution in [3.63, 3.8) is 0 Å². The van der Waals surface area contributed by atoms with E-state index in [0.717, 1.165) is 12.1 Å². The van der Waals surface area contributed by atoms with Crippen molar-refractivity contribution < 1.29 is 37.0 Å². The first-order chi connectivity index (χ1) is 18.4. The van der Waals surface area contributed by atoms with Crippen molar-refractivity contribution >= 4 is 23.8 Å². The predicted molar refractivity (Wildman–Crippen MR) is 139 cm³/mol. The number of esters is 1. The van der Waals surface area contributed by atoms with Crippen LogP contribution in [-0.2, 0) is 22.2 Å². The van der Waals surface area contributed by atoms with Gasteiger partial charge in [-0.25, -0.2) is 19.4 Å². The van der Waals surface area contributed by atoms with Gasteiger partial charge in [0.15, 0.2) is 5.69 Å². The summed E-state index contributed by atoms with van der Waals surface area (Å²) in [5, 5.41) is 0. The number of hydrogen-bond donors (Lipinski definition) is 0. The third-order valence-corrected chi connectivity index (χ3v) is 6.38. The first kappa shape index (κ1) is 29.2. The summed E-state index contributed by atoms with van der Waals surface area (Å²) in [4.78, 5) is 47.8. The lowest BCUT2D eigenvalue weighted by atomic mass is 10.1. The summed E-state index contributed by atoms with van der Waals surface area (Å²) in [6.45, 7) is 12.4. The first-order valence-electron chi connectivity index (χ1n) is 12.9. The Morgan fingerprint density at radius 2 is 1.60 bits per heavy atom. The fourth-order valence-corrected chi connectivity index (χ4v) is 4.65. The Bertz CT molecular complexity index is 1330. The lowest BCUT2D eigenvalue weighted by Gasteiger charge is -2.42. The Hall–Kier alpha value is -3.77. The number of urea groups is 1. The number of piperazine rings is 1. The SMILES string of the molecule is C[C@H]1CN(C(=O)N2Cc3c(C(=O)OC(C)(C)C)ncn3-c3ccc(C(F)(F)F)cc32)CCN1C(=O)OC(C)(C)C. The zero-order valence-electron chi connectivity index (χ0n) is 23.6. The lowest BCUT2D eigenvalue weighted by molar-refractivity contribution is -0.137. The molecule has 1 fully saturated rings. The van der Waals surface area contributed by atoms with Gasteiger partial charge in [0.25, 0.3) is 0 Å². The largest absolute Gasteiger partial charge is 0.455 e. The molecule has 2 aliphatic rings. The fraction of sp³-hybridized carbons (Fsp3) is 0.556. The average molecular weight is 566 g/mol. The van der Waals surface area contributed by atoms with Gasteiger partial charge in [0.2, 0.25) is 0 Å². The van der Waals surface area contributed by atoms with Gasteiger partial charge >= 0.3 is 24.3 Å². The summed E-state index contributed by atoms with van der Waals surface area (Å²) in [5.41, 5.74) is -1.82. The molecule has 10 nitrogen and oxygen atoms in total. The molecular formula is C27H34F3N5O5. The summed E-state index contributed by atoms with van der Waals surface area (Å²) in [6, 6.07) is 2.14.